The lowest BCUT2D eigenvalue weighted by Crippen LogP contribution is -2.43. The summed E-state index contributed by atoms with van der Waals surface area (Å²) in [7, 11) is 0. The molecule has 0 saturated heterocycles. The van der Waals surface area contributed by atoms with E-state index in [2.05, 4.69) is 12.2 Å². The molecule has 6 nitrogen and oxygen atoms in total. The number of carboxylic acids is 1. The van der Waals surface area contributed by atoms with Crippen molar-refractivity contribution in [2.24, 2.45) is 5.92 Å². The normalized spacial score (nSPS) is 12.2. The van der Waals surface area contributed by atoms with Crippen molar-refractivity contribution in [1.29, 1.82) is 0 Å². The fourth-order valence-corrected chi connectivity index (χ4v) is 2.23. The van der Waals surface area contributed by atoms with Crippen molar-refractivity contribution < 1.29 is 24.2 Å². The average molecular weight is 363 g/mol. The largest absolute Gasteiger partial charge is 0.490 e. The lowest BCUT2D eigenvalue weighted by molar-refractivity contribution is -0.142. The Morgan fingerprint density at radius 3 is 2.50 bits per heavy atom. The van der Waals surface area contributed by atoms with Crippen LogP contribution in [0.5, 0.6) is 11.5 Å². The number of rotatable bonds is 11. The highest BCUT2D eigenvalue weighted by atomic mass is 16.5. The number of carbonyl (C=O) groups is 2. The SMILES string of the molecule is CCCCOc1ccc(/C=C/C(=O)N[C@H](C(=O)O)C(C)C)cc1OCC. The number of amides is 1. The fourth-order valence-electron chi connectivity index (χ4n) is 2.23. The van der Waals surface area contributed by atoms with Crippen molar-refractivity contribution in [2.75, 3.05) is 13.2 Å². The van der Waals surface area contributed by atoms with Gasteiger partial charge in [-0.3, -0.25) is 4.79 Å². The maximum atomic E-state index is 12.0. The van der Waals surface area contributed by atoms with Crippen LogP contribution in [0, 0.1) is 5.92 Å². The van der Waals surface area contributed by atoms with Gasteiger partial charge >= 0.3 is 5.97 Å². The van der Waals surface area contributed by atoms with Crippen LogP contribution in [-0.4, -0.2) is 36.2 Å². The Morgan fingerprint density at radius 1 is 1.19 bits per heavy atom. The molecule has 26 heavy (non-hydrogen) atoms. The van der Waals surface area contributed by atoms with Gasteiger partial charge in [-0.05, 0) is 43.0 Å². The molecule has 1 aromatic carbocycles. The van der Waals surface area contributed by atoms with E-state index < -0.39 is 17.9 Å². The molecule has 1 rings (SSSR count). The molecule has 1 amide bonds. The number of nitrogens with one attached hydrogen (secondary N) is 1. The highest BCUT2D eigenvalue weighted by molar-refractivity contribution is 5.94. The van der Waals surface area contributed by atoms with E-state index in [4.69, 9.17) is 14.6 Å². The first-order valence-corrected chi connectivity index (χ1v) is 9.00. The molecule has 0 aliphatic rings. The quantitative estimate of drug-likeness (QED) is 0.464. The highest BCUT2D eigenvalue weighted by Gasteiger charge is 2.22. The lowest BCUT2D eigenvalue weighted by atomic mass is 10.0. The number of carbonyl (C=O) groups excluding carboxylic acids is 1. The first kappa shape index (κ1) is 21.5. The number of unbranched alkanes of at least 4 members (excludes halogenated alkanes) is 1. The molecule has 0 bridgehead atoms. The summed E-state index contributed by atoms with van der Waals surface area (Å²) in [5.74, 6) is -0.403. The molecule has 0 saturated carbocycles. The molecule has 0 fully saturated rings. The number of hydrogen-bond donors (Lipinski definition) is 2. The summed E-state index contributed by atoms with van der Waals surface area (Å²) in [6.07, 6.45) is 4.95. The van der Waals surface area contributed by atoms with Crippen LogP contribution in [0.2, 0.25) is 0 Å². The second kappa shape index (κ2) is 11.2. The van der Waals surface area contributed by atoms with Crippen LogP contribution < -0.4 is 14.8 Å². The summed E-state index contributed by atoms with van der Waals surface area (Å²) >= 11 is 0. The van der Waals surface area contributed by atoms with Crippen LogP contribution in [-0.2, 0) is 9.59 Å². The van der Waals surface area contributed by atoms with Crippen molar-refractivity contribution in [1.82, 2.24) is 5.32 Å². The smallest absolute Gasteiger partial charge is 0.326 e. The van der Waals surface area contributed by atoms with Gasteiger partial charge in [-0.15, -0.1) is 0 Å². The second-order valence-corrected chi connectivity index (χ2v) is 6.24. The molecule has 0 aromatic heterocycles. The minimum Gasteiger partial charge on any atom is -0.490 e. The van der Waals surface area contributed by atoms with Gasteiger partial charge < -0.3 is 19.9 Å². The van der Waals surface area contributed by atoms with Gasteiger partial charge in [0.1, 0.15) is 6.04 Å². The summed E-state index contributed by atoms with van der Waals surface area (Å²) in [6.45, 7) is 8.61. The predicted octanol–water partition coefficient (Wildman–Crippen LogP) is 3.50. The number of carboxylic acid groups (broad SMARTS) is 1. The molecule has 0 aliphatic heterocycles. The van der Waals surface area contributed by atoms with Gasteiger partial charge in [-0.2, -0.15) is 0 Å². The number of hydrogen-bond acceptors (Lipinski definition) is 4. The number of benzene rings is 1. The minimum absolute atomic E-state index is 0.200. The van der Waals surface area contributed by atoms with E-state index in [1.807, 2.05) is 19.1 Å². The zero-order chi connectivity index (χ0) is 19.5. The summed E-state index contributed by atoms with van der Waals surface area (Å²) in [5.41, 5.74) is 0.767. The first-order valence-electron chi connectivity index (χ1n) is 9.00. The Bertz CT molecular complexity index is 625. The van der Waals surface area contributed by atoms with Crippen molar-refractivity contribution in [3.63, 3.8) is 0 Å². The minimum atomic E-state index is -1.05. The Kier molecular flexibility index (Phi) is 9.26. The summed E-state index contributed by atoms with van der Waals surface area (Å²) in [5, 5.41) is 11.6. The van der Waals surface area contributed by atoms with Gasteiger partial charge in [0, 0.05) is 6.08 Å². The van der Waals surface area contributed by atoms with Crippen molar-refractivity contribution in [3.05, 3.63) is 29.8 Å². The van der Waals surface area contributed by atoms with E-state index in [0.717, 1.165) is 18.4 Å². The van der Waals surface area contributed by atoms with Crippen LogP contribution in [0.25, 0.3) is 6.08 Å². The molecule has 0 aliphatic carbocycles. The number of aliphatic carboxylic acids is 1. The third kappa shape index (κ3) is 7.17. The summed E-state index contributed by atoms with van der Waals surface area (Å²) < 4.78 is 11.3. The van der Waals surface area contributed by atoms with Gasteiger partial charge in [0.05, 0.1) is 13.2 Å². The van der Waals surface area contributed by atoms with E-state index >= 15 is 0 Å². The van der Waals surface area contributed by atoms with Gasteiger partial charge in [-0.1, -0.05) is 33.3 Å². The average Bonchev–Trinajstić information content (AvgIpc) is 2.59. The number of ether oxygens (including phenoxy) is 2. The zero-order valence-corrected chi connectivity index (χ0v) is 16.0. The third-order valence-corrected chi connectivity index (χ3v) is 3.68. The van der Waals surface area contributed by atoms with Gasteiger partial charge in [0.15, 0.2) is 11.5 Å². The summed E-state index contributed by atoms with van der Waals surface area (Å²) in [4.78, 5) is 23.1. The van der Waals surface area contributed by atoms with Gasteiger partial charge in [-0.25, -0.2) is 4.79 Å². The van der Waals surface area contributed by atoms with Gasteiger partial charge in [0.2, 0.25) is 5.91 Å². The van der Waals surface area contributed by atoms with Crippen molar-refractivity contribution in [2.45, 2.75) is 46.6 Å². The summed E-state index contributed by atoms with van der Waals surface area (Å²) in [6, 6.07) is 4.52. The molecular weight excluding hydrogens is 334 g/mol. The van der Waals surface area contributed by atoms with Crippen LogP contribution >= 0.6 is 0 Å². The highest BCUT2D eigenvalue weighted by Crippen LogP contribution is 2.29. The topological polar surface area (TPSA) is 84.9 Å². The molecule has 2 N–H and O–H groups in total. The first-order chi connectivity index (χ1) is 12.4. The van der Waals surface area contributed by atoms with Crippen molar-refractivity contribution >= 4 is 18.0 Å². The zero-order valence-electron chi connectivity index (χ0n) is 16.0. The van der Waals surface area contributed by atoms with E-state index in [1.165, 1.54) is 6.08 Å². The van der Waals surface area contributed by atoms with Crippen LogP contribution in [0.15, 0.2) is 24.3 Å². The molecule has 0 spiro atoms. The van der Waals surface area contributed by atoms with Crippen molar-refractivity contribution in [3.8, 4) is 11.5 Å². The van der Waals surface area contributed by atoms with Crippen LogP contribution in [0.3, 0.4) is 0 Å². The molecule has 0 heterocycles. The molecule has 0 unspecified atom stereocenters. The van der Waals surface area contributed by atoms with Crippen LogP contribution in [0.1, 0.15) is 46.1 Å². The Hall–Kier alpha value is -2.50. The third-order valence-electron chi connectivity index (χ3n) is 3.68. The Morgan fingerprint density at radius 2 is 1.92 bits per heavy atom. The van der Waals surface area contributed by atoms with E-state index in [1.54, 1.807) is 26.0 Å². The molecular formula is C20H29NO5. The maximum Gasteiger partial charge on any atom is 0.326 e. The van der Waals surface area contributed by atoms with E-state index in [-0.39, 0.29) is 5.92 Å². The fraction of sp³-hybridized carbons (Fsp3) is 0.500. The second-order valence-electron chi connectivity index (χ2n) is 6.24. The van der Waals surface area contributed by atoms with E-state index in [9.17, 15) is 9.59 Å². The Balaban J connectivity index is 2.81. The van der Waals surface area contributed by atoms with Crippen LogP contribution in [0.4, 0.5) is 0 Å². The predicted molar refractivity (Wildman–Crippen MR) is 101 cm³/mol. The van der Waals surface area contributed by atoms with E-state index in [0.29, 0.717) is 24.7 Å². The monoisotopic (exact) mass is 363 g/mol. The lowest BCUT2D eigenvalue weighted by Gasteiger charge is -2.16. The molecule has 144 valence electrons. The molecule has 0 radical (unpaired) electrons. The molecule has 6 heteroatoms. The molecule has 1 aromatic rings. The maximum absolute atomic E-state index is 12.0. The molecule has 1 atom stereocenters. The Labute approximate surface area is 155 Å². The standard InChI is InChI=1S/C20H29NO5/c1-5-7-12-26-16-10-8-15(13-17(16)25-6-2)9-11-18(22)21-19(14(3)4)20(23)24/h8-11,13-14,19H,5-7,12H2,1-4H3,(H,21,22)(H,23,24)/b11-9+/t19-/m0/s1. The van der Waals surface area contributed by atoms with Gasteiger partial charge in [0.25, 0.3) is 0 Å².